The van der Waals surface area contributed by atoms with Crippen LogP contribution in [-0.4, -0.2) is 33.3 Å². The molecule has 1 aromatic heterocycles. The van der Waals surface area contributed by atoms with Gasteiger partial charge in [0.1, 0.15) is 0 Å². The Hall–Kier alpha value is -2.37. The Morgan fingerprint density at radius 1 is 1.44 bits per heavy atom. The molecule has 1 aromatic carbocycles. The lowest BCUT2D eigenvalue weighted by atomic mass is 10.1. The van der Waals surface area contributed by atoms with E-state index in [1.807, 2.05) is 0 Å². The summed E-state index contributed by atoms with van der Waals surface area (Å²) in [6.45, 7) is 2.50. The van der Waals surface area contributed by atoms with Gasteiger partial charge in [-0.15, -0.1) is 0 Å². The third-order valence-corrected chi connectivity index (χ3v) is 2.59. The largest absolute Gasteiger partial charge is 0.478 e. The highest BCUT2D eigenvalue weighted by Crippen LogP contribution is 2.15. The molecule has 2 N–H and O–H groups in total. The summed E-state index contributed by atoms with van der Waals surface area (Å²) in [5.74, 6) is -1.04. The fourth-order valence-electron chi connectivity index (χ4n) is 1.74. The number of carboxylic acid groups (broad SMARTS) is 1. The van der Waals surface area contributed by atoms with Crippen LogP contribution in [0, 0.1) is 0 Å². The molecule has 0 fully saturated rings. The molecule has 0 aliphatic carbocycles. The molecule has 6 nitrogen and oxygen atoms in total. The standard InChI is InChI=1S/C12H13N3O3/c1-8(16)13-4-5-15-11-3-2-9(12(17)18)6-10(11)7-14-15/h2-3,6-7H,4-5H2,1H3,(H,13,16)(H,17,18). The fraction of sp³-hybridized carbons (Fsp3) is 0.250. The smallest absolute Gasteiger partial charge is 0.335 e. The lowest BCUT2D eigenvalue weighted by molar-refractivity contribution is -0.118. The Bertz CT molecular complexity index is 604. The molecule has 1 heterocycles. The molecule has 6 heteroatoms. The van der Waals surface area contributed by atoms with E-state index in [1.54, 1.807) is 29.1 Å². The van der Waals surface area contributed by atoms with Gasteiger partial charge >= 0.3 is 5.97 Å². The number of aromatic carboxylic acids is 1. The Balaban J connectivity index is 2.20. The van der Waals surface area contributed by atoms with Crippen LogP contribution in [0.3, 0.4) is 0 Å². The Kier molecular flexibility index (Phi) is 3.27. The molecule has 0 radical (unpaired) electrons. The van der Waals surface area contributed by atoms with Gasteiger partial charge in [-0.25, -0.2) is 4.79 Å². The van der Waals surface area contributed by atoms with Crippen LogP contribution in [0.1, 0.15) is 17.3 Å². The van der Waals surface area contributed by atoms with Crippen molar-refractivity contribution >= 4 is 22.8 Å². The van der Waals surface area contributed by atoms with E-state index in [4.69, 9.17) is 5.11 Å². The number of hydrogen-bond donors (Lipinski definition) is 2. The van der Waals surface area contributed by atoms with Gasteiger partial charge in [-0.3, -0.25) is 9.48 Å². The van der Waals surface area contributed by atoms with Crippen LogP contribution in [0.25, 0.3) is 10.9 Å². The van der Waals surface area contributed by atoms with Crippen LogP contribution >= 0.6 is 0 Å². The first kappa shape index (κ1) is 12.1. The number of carbonyl (C=O) groups is 2. The topological polar surface area (TPSA) is 84.2 Å². The maximum atomic E-state index is 10.8. The second-order valence-corrected chi connectivity index (χ2v) is 3.93. The minimum absolute atomic E-state index is 0.0837. The number of hydrogen-bond acceptors (Lipinski definition) is 3. The number of benzene rings is 1. The lowest BCUT2D eigenvalue weighted by Crippen LogP contribution is -2.24. The van der Waals surface area contributed by atoms with Crippen LogP contribution < -0.4 is 5.32 Å². The fourth-order valence-corrected chi connectivity index (χ4v) is 1.74. The third kappa shape index (κ3) is 2.48. The van der Waals surface area contributed by atoms with E-state index >= 15 is 0 Å². The van der Waals surface area contributed by atoms with Crippen molar-refractivity contribution in [1.82, 2.24) is 15.1 Å². The van der Waals surface area contributed by atoms with Gasteiger partial charge in [0.15, 0.2) is 0 Å². The van der Waals surface area contributed by atoms with Crippen molar-refractivity contribution in [3.05, 3.63) is 30.0 Å². The molecule has 2 rings (SSSR count). The van der Waals surface area contributed by atoms with E-state index in [-0.39, 0.29) is 11.5 Å². The van der Waals surface area contributed by atoms with Crippen LogP contribution in [-0.2, 0) is 11.3 Å². The third-order valence-electron chi connectivity index (χ3n) is 2.59. The number of carboxylic acids is 1. The molecule has 0 atom stereocenters. The van der Waals surface area contributed by atoms with Crippen LogP contribution in [0.2, 0.25) is 0 Å². The van der Waals surface area contributed by atoms with Crippen molar-refractivity contribution in [2.75, 3.05) is 6.54 Å². The molecule has 0 aliphatic heterocycles. The first-order valence-electron chi connectivity index (χ1n) is 5.51. The molecule has 0 bridgehead atoms. The van der Waals surface area contributed by atoms with Gasteiger partial charge in [-0.1, -0.05) is 0 Å². The predicted octanol–water partition coefficient (Wildman–Crippen LogP) is 0.871. The Morgan fingerprint density at radius 2 is 2.22 bits per heavy atom. The summed E-state index contributed by atoms with van der Waals surface area (Å²) in [6, 6.07) is 4.85. The van der Waals surface area contributed by atoms with Gasteiger partial charge in [-0.2, -0.15) is 5.10 Å². The van der Waals surface area contributed by atoms with Gasteiger partial charge in [0.2, 0.25) is 5.91 Å². The van der Waals surface area contributed by atoms with E-state index in [1.165, 1.54) is 6.92 Å². The maximum absolute atomic E-state index is 10.8. The number of nitrogens with zero attached hydrogens (tertiary/aromatic N) is 2. The van der Waals surface area contributed by atoms with Crippen molar-refractivity contribution in [3.63, 3.8) is 0 Å². The summed E-state index contributed by atoms with van der Waals surface area (Å²) in [7, 11) is 0. The number of carbonyl (C=O) groups excluding carboxylic acids is 1. The van der Waals surface area contributed by atoms with Crippen LogP contribution in [0.15, 0.2) is 24.4 Å². The van der Waals surface area contributed by atoms with E-state index in [0.29, 0.717) is 13.1 Å². The summed E-state index contributed by atoms with van der Waals surface area (Å²) in [4.78, 5) is 21.6. The lowest BCUT2D eigenvalue weighted by Gasteiger charge is -2.04. The minimum atomic E-state index is -0.956. The summed E-state index contributed by atoms with van der Waals surface area (Å²) < 4.78 is 1.73. The van der Waals surface area contributed by atoms with Crippen molar-refractivity contribution in [2.24, 2.45) is 0 Å². The average molecular weight is 247 g/mol. The summed E-state index contributed by atoms with van der Waals surface area (Å²) >= 11 is 0. The number of rotatable bonds is 4. The normalized spacial score (nSPS) is 10.5. The van der Waals surface area contributed by atoms with Crippen molar-refractivity contribution in [3.8, 4) is 0 Å². The molecule has 0 saturated carbocycles. The average Bonchev–Trinajstić information content (AvgIpc) is 2.71. The number of fused-ring (bicyclic) bond motifs is 1. The van der Waals surface area contributed by atoms with Crippen molar-refractivity contribution in [1.29, 1.82) is 0 Å². The molecule has 18 heavy (non-hydrogen) atoms. The molecule has 0 saturated heterocycles. The van der Waals surface area contributed by atoms with E-state index in [0.717, 1.165) is 10.9 Å². The van der Waals surface area contributed by atoms with E-state index in [2.05, 4.69) is 10.4 Å². The number of aromatic nitrogens is 2. The van der Waals surface area contributed by atoms with Gasteiger partial charge in [0, 0.05) is 18.9 Å². The SMILES string of the molecule is CC(=O)NCCn1ncc2cc(C(=O)O)ccc21. The zero-order valence-corrected chi connectivity index (χ0v) is 9.88. The maximum Gasteiger partial charge on any atom is 0.335 e. The molecule has 1 amide bonds. The number of nitrogens with one attached hydrogen (secondary N) is 1. The Morgan fingerprint density at radius 3 is 2.89 bits per heavy atom. The Labute approximate surface area is 103 Å². The van der Waals surface area contributed by atoms with Crippen molar-refractivity contribution in [2.45, 2.75) is 13.5 Å². The molecule has 0 spiro atoms. The first-order chi connectivity index (χ1) is 8.58. The van der Waals surface area contributed by atoms with Crippen LogP contribution in [0.4, 0.5) is 0 Å². The van der Waals surface area contributed by atoms with Gasteiger partial charge in [0.05, 0.1) is 23.8 Å². The highest BCUT2D eigenvalue weighted by molar-refractivity contribution is 5.93. The highest BCUT2D eigenvalue weighted by Gasteiger charge is 2.07. The zero-order valence-electron chi connectivity index (χ0n) is 9.88. The van der Waals surface area contributed by atoms with E-state index in [9.17, 15) is 9.59 Å². The van der Waals surface area contributed by atoms with Gasteiger partial charge in [0.25, 0.3) is 0 Å². The monoisotopic (exact) mass is 247 g/mol. The summed E-state index contributed by atoms with van der Waals surface area (Å²) in [6.07, 6.45) is 1.62. The second-order valence-electron chi connectivity index (χ2n) is 3.93. The first-order valence-corrected chi connectivity index (χ1v) is 5.51. The minimum Gasteiger partial charge on any atom is -0.478 e. The molecule has 0 unspecified atom stereocenters. The predicted molar refractivity (Wildman–Crippen MR) is 65.4 cm³/mol. The zero-order chi connectivity index (χ0) is 13.1. The van der Waals surface area contributed by atoms with Crippen molar-refractivity contribution < 1.29 is 14.7 Å². The number of amides is 1. The summed E-state index contributed by atoms with van der Waals surface area (Å²) in [5.41, 5.74) is 1.09. The molecule has 0 aliphatic rings. The quantitative estimate of drug-likeness (QED) is 0.839. The molecule has 94 valence electrons. The van der Waals surface area contributed by atoms with Gasteiger partial charge in [-0.05, 0) is 18.2 Å². The molecule has 2 aromatic rings. The highest BCUT2D eigenvalue weighted by atomic mass is 16.4. The van der Waals surface area contributed by atoms with E-state index < -0.39 is 5.97 Å². The van der Waals surface area contributed by atoms with Crippen LogP contribution in [0.5, 0.6) is 0 Å². The molecular weight excluding hydrogens is 234 g/mol. The second kappa shape index (κ2) is 4.87. The summed E-state index contributed by atoms with van der Waals surface area (Å²) in [5, 5.41) is 16.5. The molecular formula is C12H13N3O3. The van der Waals surface area contributed by atoms with Gasteiger partial charge < -0.3 is 10.4 Å².